The van der Waals surface area contributed by atoms with E-state index in [1.54, 1.807) is 0 Å². The Labute approximate surface area is 74.2 Å². The summed E-state index contributed by atoms with van der Waals surface area (Å²) in [7, 11) is 0. The van der Waals surface area contributed by atoms with Crippen molar-refractivity contribution in [3.8, 4) is 0 Å². The molecule has 12 heavy (non-hydrogen) atoms. The lowest BCUT2D eigenvalue weighted by Crippen LogP contribution is -1.89. The van der Waals surface area contributed by atoms with E-state index in [9.17, 15) is 0 Å². The van der Waals surface area contributed by atoms with Gasteiger partial charge >= 0.3 is 0 Å². The molecule has 2 atom stereocenters. The van der Waals surface area contributed by atoms with Gasteiger partial charge in [0.15, 0.2) is 0 Å². The first-order valence-corrected chi connectivity index (χ1v) is 4.85. The molecule has 2 saturated heterocycles. The van der Waals surface area contributed by atoms with Crippen LogP contribution >= 0.6 is 0 Å². The van der Waals surface area contributed by atoms with Crippen LogP contribution in [0, 0.1) is 12.8 Å². The van der Waals surface area contributed by atoms with E-state index in [-0.39, 0.29) is 0 Å². The Kier molecular flexibility index (Phi) is 3.01. The molecule has 0 bridgehead atoms. The lowest BCUT2D eigenvalue weighted by Gasteiger charge is -1.97. The summed E-state index contributed by atoms with van der Waals surface area (Å²) in [5.41, 5.74) is 0. The Morgan fingerprint density at radius 1 is 0.917 bits per heavy atom. The SMILES string of the molecule is [CH](CCCC[CH]C1CO1)C1CO1. The molecule has 0 aromatic heterocycles. The third kappa shape index (κ3) is 3.55. The number of hydrogen-bond acceptors (Lipinski definition) is 2. The van der Waals surface area contributed by atoms with Crippen molar-refractivity contribution in [1.82, 2.24) is 0 Å². The van der Waals surface area contributed by atoms with Crippen LogP contribution in [0.15, 0.2) is 0 Å². The number of rotatable bonds is 7. The van der Waals surface area contributed by atoms with Gasteiger partial charge in [-0.1, -0.05) is 12.8 Å². The second kappa shape index (κ2) is 4.24. The van der Waals surface area contributed by atoms with E-state index >= 15 is 0 Å². The van der Waals surface area contributed by atoms with Crippen molar-refractivity contribution >= 4 is 0 Å². The van der Waals surface area contributed by atoms with Crippen LogP contribution in [0.4, 0.5) is 0 Å². The van der Waals surface area contributed by atoms with Crippen LogP contribution in [0.3, 0.4) is 0 Å². The second-order valence-corrected chi connectivity index (χ2v) is 3.50. The minimum Gasteiger partial charge on any atom is -0.373 e. The van der Waals surface area contributed by atoms with E-state index in [0.717, 1.165) is 13.2 Å². The molecule has 2 aliphatic rings. The predicted octanol–water partition coefficient (Wildman–Crippen LogP) is 1.75. The number of ether oxygens (including phenoxy) is 2. The number of epoxide rings is 2. The highest BCUT2D eigenvalue weighted by molar-refractivity contribution is 4.87. The number of unbranched alkanes of at least 4 members (excludes halogenated alkanes) is 3. The average molecular weight is 168 g/mol. The van der Waals surface area contributed by atoms with E-state index in [0.29, 0.717) is 12.2 Å². The highest BCUT2D eigenvalue weighted by Gasteiger charge is 2.22. The van der Waals surface area contributed by atoms with Crippen molar-refractivity contribution in [1.29, 1.82) is 0 Å². The van der Waals surface area contributed by atoms with Gasteiger partial charge in [-0.15, -0.1) is 0 Å². The summed E-state index contributed by atoms with van der Waals surface area (Å²) < 4.78 is 10.2. The molecule has 2 aliphatic heterocycles. The summed E-state index contributed by atoms with van der Waals surface area (Å²) >= 11 is 0. The molecule has 2 fully saturated rings. The molecule has 0 N–H and O–H groups in total. The fraction of sp³-hybridized carbons (Fsp3) is 0.800. The molecule has 0 aromatic carbocycles. The van der Waals surface area contributed by atoms with Gasteiger partial charge in [0.1, 0.15) is 0 Å². The molecule has 0 aromatic rings. The zero-order valence-electron chi connectivity index (χ0n) is 7.37. The van der Waals surface area contributed by atoms with Gasteiger partial charge in [-0.25, -0.2) is 0 Å². The van der Waals surface area contributed by atoms with E-state index in [4.69, 9.17) is 9.47 Å². The standard InChI is InChI=1S/C10H16O2/c1(3-5-9-7-11-9)2-4-6-10-8-12-10/h5-6,9-10H,1-4,7-8H2. The summed E-state index contributed by atoms with van der Waals surface area (Å²) in [4.78, 5) is 0. The van der Waals surface area contributed by atoms with Crippen molar-refractivity contribution in [3.63, 3.8) is 0 Å². The van der Waals surface area contributed by atoms with Gasteiger partial charge in [0.05, 0.1) is 25.4 Å². The summed E-state index contributed by atoms with van der Waals surface area (Å²) in [6.45, 7) is 1.92. The zero-order chi connectivity index (χ0) is 8.23. The van der Waals surface area contributed by atoms with Gasteiger partial charge in [-0.05, 0) is 25.7 Å². The molecule has 2 unspecified atom stereocenters. The van der Waals surface area contributed by atoms with Crippen LogP contribution in [0.25, 0.3) is 0 Å². The smallest absolute Gasteiger partial charge is 0.0841 e. The van der Waals surface area contributed by atoms with E-state index in [2.05, 4.69) is 12.8 Å². The van der Waals surface area contributed by atoms with Crippen LogP contribution in [0.5, 0.6) is 0 Å². The average Bonchev–Trinajstić information content (AvgIpc) is 2.89. The monoisotopic (exact) mass is 168 g/mol. The molecule has 0 amide bonds. The normalized spacial score (nSPS) is 32.0. The maximum Gasteiger partial charge on any atom is 0.0841 e. The largest absolute Gasteiger partial charge is 0.373 e. The maximum absolute atomic E-state index is 5.08. The molecule has 0 aliphatic carbocycles. The molecular weight excluding hydrogens is 152 g/mol. The van der Waals surface area contributed by atoms with Crippen molar-refractivity contribution in [2.75, 3.05) is 13.2 Å². The molecule has 68 valence electrons. The van der Waals surface area contributed by atoms with Gasteiger partial charge in [0.2, 0.25) is 0 Å². The fourth-order valence-electron chi connectivity index (χ4n) is 1.28. The van der Waals surface area contributed by atoms with Gasteiger partial charge in [-0.2, -0.15) is 0 Å². The van der Waals surface area contributed by atoms with E-state index in [1.807, 2.05) is 0 Å². The van der Waals surface area contributed by atoms with Crippen molar-refractivity contribution in [2.45, 2.75) is 37.9 Å². The Morgan fingerprint density at radius 3 is 1.67 bits per heavy atom. The summed E-state index contributed by atoms with van der Waals surface area (Å²) in [6, 6.07) is 0. The molecule has 2 heterocycles. The summed E-state index contributed by atoms with van der Waals surface area (Å²) in [5, 5.41) is 0. The topological polar surface area (TPSA) is 25.1 Å². The Morgan fingerprint density at radius 2 is 1.33 bits per heavy atom. The highest BCUT2D eigenvalue weighted by Crippen LogP contribution is 2.19. The minimum absolute atomic E-state index is 0.501. The molecule has 0 saturated carbocycles. The van der Waals surface area contributed by atoms with Crippen LogP contribution in [-0.2, 0) is 9.47 Å². The molecule has 2 radical (unpaired) electrons. The summed E-state index contributed by atoms with van der Waals surface area (Å²) in [5.74, 6) is 0. The first-order valence-electron chi connectivity index (χ1n) is 4.85. The molecule has 0 spiro atoms. The number of hydrogen-bond donors (Lipinski definition) is 0. The Balaban J connectivity index is 1.31. The fourth-order valence-corrected chi connectivity index (χ4v) is 1.28. The molecule has 2 heteroatoms. The van der Waals surface area contributed by atoms with Crippen molar-refractivity contribution in [3.05, 3.63) is 12.8 Å². The maximum atomic E-state index is 5.08. The lowest BCUT2D eigenvalue weighted by atomic mass is 10.1. The third-order valence-electron chi connectivity index (χ3n) is 2.24. The Hall–Kier alpha value is -0.0800. The minimum atomic E-state index is 0.501. The quantitative estimate of drug-likeness (QED) is 0.427. The third-order valence-corrected chi connectivity index (χ3v) is 2.24. The first kappa shape index (κ1) is 8.52. The molecule has 2 nitrogen and oxygen atoms in total. The zero-order valence-corrected chi connectivity index (χ0v) is 7.37. The lowest BCUT2D eigenvalue weighted by molar-refractivity contribution is 0.419. The molecular formula is C10H16O2. The van der Waals surface area contributed by atoms with Gasteiger partial charge in [0.25, 0.3) is 0 Å². The Bertz CT molecular complexity index is 112. The van der Waals surface area contributed by atoms with Crippen LogP contribution in [0.2, 0.25) is 0 Å². The van der Waals surface area contributed by atoms with Gasteiger partial charge in [-0.3, -0.25) is 0 Å². The second-order valence-electron chi connectivity index (χ2n) is 3.50. The van der Waals surface area contributed by atoms with Gasteiger partial charge < -0.3 is 9.47 Å². The highest BCUT2D eigenvalue weighted by atomic mass is 16.6. The predicted molar refractivity (Wildman–Crippen MR) is 46.5 cm³/mol. The first-order chi connectivity index (χ1) is 5.95. The van der Waals surface area contributed by atoms with E-state index < -0.39 is 0 Å². The van der Waals surface area contributed by atoms with Crippen LogP contribution < -0.4 is 0 Å². The van der Waals surface area contributed by atoms with Crippen molar-refractivity contribution < 1.29 is 9.47 Å². The van der Waals surface area contributed by atoms with E-state index in [1.165, 1.54) is 25.7 Å². The van der Waals surface area contributed by atoms with Crippen LogP contribution in [0.1, 0.15) is 25.7 Å². The van der Waals surface area contributed by atoms with Crippen molar-refractivity contribution in [2.24, 2.45) is 0 Å². The molecule has 2 rings (SSSR count). The summed E-state index contributed by atoms with van der Waals surface area (Å²) in [6.07, 6.45) is 10.6. The van der Waals surface area contributed by atoms with Gasteiger partial charge in [0, 0.05) is 0 Å². The van der Waals surface area contributed by atoms with Crippen LogP contribution in [-0.4, -0.2) is 25.4 Å².